The molecule has 0 spiro atoms. The van der Waals surface area contributed by atoms with E-state index in [1.165, 1.54) is 0 Å². The van der Waals surface area contributed by atoms with Gasteiger partial charge in [-0.2, -0.15) is 0 Å². The van der Waals surface area contributed by atoms with Crippen molar-refractivity contribution in [3.05, 3.63) is 42.1 Å². The number of nitrogens with two attached hydrogens (primary N) is 1. The fourth-order valence-electron chi connectivity index (χ4n) is 1.40. The lowest BCUT2D eigenvalue weighted by Crippen LogP contribution is -2.01. The SMILES string of the molecule is NSc1cccc(NC2=CCCC=C2)n1. The van der Waals surface area contributed by atoms with E-state index in [-0.39, 0.29) is 0 Å². The highest BCUT2D eigenvalue weighted by Gasteiger charge is 2.00. The van der Waals surface area contributed by atoms with Gasteiger partial charge in [-0.3, -0.25) is 5.14 Å². The van der Waals surface area contributed by atoms with E-state index >= 15 is 0 Å². The molecular formula is C11H13N3S. The molecule has 0 fully saturated rings. The third-order valence-corrected chi connectivity index (χ3v) is 2.58. The number of nitrogens with one attached hydrogen (secondary N) is 1. The number of allylic oxidation sites excluding steroid dienone is 3. The second-order valence-corrected chi connectivity index (χ2v) is 3.90. The zero-order chi connectivity index (χ0) is 10.5. The molecule has 2 rings (SSSR count). The minimum atomic E-state index is 0.820. The number of aromatic nitrogens is 1. The van der Waals surface area contributed by atoms with Crippen molar-refractivity contribution in [3.8, 4) is 0 Å². The summed E-state index contributed by atoms with van der Waals surface area (Å²) in [4.78, 5) is 4.34. The molecule has 0 unspecified atom stereocenters. The summed E-state index contributed by atoms with van der Waals surface area (Å²) in [6, 6.07) is 5.77. The number of hydrogen-bond donors (Lipinski definition) is 2. The van der Waals surface area contributed by atoms with Crippen molar-refractivity contribution in [3.63, 3.8) is 0 Å². The van der Waals surface area contributed by atoms with E-state index in [1.54, 1.807) is 0 Å². The van der Waals surface area contributed by atoms with Crippen LogP contribution in [-0.2, 0) is 0 Å². The molecule has 1 aliphatic rings. The molecule has 3 nitrogen and oxygen atoms in total. The van der Waals surface area contributed by atoms with Gasteiger partial charge < -0.3 is 5.32 Å². The van der Waals surface area contributed by atoms with Gasteiger partial charge in [-0.25, -0.2) is 4.98 Å². The first-order chi connectivity index (χ1) is 7.38. The summed E-state index contributed by atoms with van der Waals surface area (Å²) in [6.45, 7) is 0. The smallest absolute Gasteiger partial charge is 0.131 e. The van der Waals surface area contributed by atoms with Gasteiger partial charge in [-0.15, -0.1) is 0 Å². The molecule has 0 atom stereocenters. The monoisotopic (exact) mass is 219 g/mol. The average Bonchev–Trinajstić information content (AvgIpc) is 2.31. The van der Waals surface area contributed by atoms with Crippen LogP contribution >= 0.6 is 11.9 Å². The molecule has 0 amide bonds. The van der Waals surface area contributed by atoms with Crippen LogP contribution in [0.5, 0.6) is 0 Å². The number of pyridine rings is 1. The number of nitrogens with zero attached hydrogens (tertiary/aromatic N) is 1. The molecule has 1 aliphatic carbocycles. The Labute approximate surface area is 93.6 Å². The number of rotatable bonds is 3. The van der Waals surface area contributed by atoms with Crippen LogP contribution in [0.3, 0.4) is 0 Å². The molecule has 0 saturated carbocycles. The van der Waals surface area contributed by atoms with Crippen molar-refractivity contribution in [1.29, 1.82) is 0 Å². The van der Waals surface area contributed by atoms with Crippen molar-refractivity contribution in [2.75, 3.05) is 5.32 Å². The van der Waals surface area contributed by atoms with Crippen LogP contribution in [0.4, 0.5) is 5.82 Å². The zero-order valence-electron chi connectivity index (χ0n) is 8.31. The number of hydrogen-bond acceptors (Lipinski definition) is 4. The molecule has 3 N–H and O–H groups in total. The van der Waals surface area contributed by atoms with Crippen LogP contribution in [0.1, 0.15) is 12.8 Å². The normalized spacial score (nSPS) is 14.9. The molecular weight excluding hydrogens is 206 g/mol. The van der Waals surface area contributed by atoms with Gasteiger partial charge in [0.15, 0.2) is 0 Å². The maximum absolute atomic E-state index is 5.45. The predicted molar refractivity (Wildman–Crippen MR) is 64.4 cm³/mol. The van der Waals surface area contributed by atoms with E-state index in [0.29, 0.717) is 0 Å². The van der Waals surface area contributed by atoms with Crippen LogP contribution in [0.2, 0.25) is 0 Å². The van der Waals surface area contributed by atoms with E-state index < -0.39 is 0 Å². The minimum Gasteiger partial charge on any atom is -0.340 e. The van der Waals surface area contributed by atoms with Gasteiger partial charge in [0.1, 0.15) is 10.8 Å². The first-order valence-electron chi connectivity index (χ1n) is 4.86. The Kier molecular flexibility index (Phi) is 3.42. The van der Waals surface area contributed by atoms with E-state index in [4.69, 9.17) is 5.14 Å². The van der Waals surface area contributed by atoms with E-state index in [0.717, 1.165) is 41.3 Å². The highest BCUT2D eigenvalue weighted by molar-refractivity contribution is 7.97. The zero-order valence-corrected chi connectivity index (χ0v) is 9.13. The van der Waals surface area contributed by atoms with E-state index in [9.17, 15) is 0 Å². The summed E-state index contributed by atoms with van der Waals surface area (Å²) >= 11 is 1.16. The van der Waals surface area contributed by atoms with Crippen molar-refractivity contribution >= 4 is 17.8 Å². The Morgan fingerprint density at radius 1 is 1.33 bits per heavy atom. The molecule has 15 heavy (non-hydrogen) atoms. The molecule has 4 heteroatoms. The van der Waals surface area contributed by atoms with E-state index in [1.807, 2.05) is 18.2 Å². The maximum atomic E-state index is 5.45. The van der Waals surface area contributed by atoms with Crippen LogP contribution in [0, 0.1) is 0 Å². The Morgan fingerprint density at radius 2 is 2.27 bits per heavy atom. The summed E-state index contributed by atoms with van der Waals surface area (Å²) in [7, 11) is 0. The van der Waals surface area contributed by atoms with Crippen molar-refractivity contribution in [2.45, 2.75) is 17.9 Å². The Hall–Kier alpha value is -1.26. The maximum Gasteiger partial charge on any atom is 0.131 e. The van der Waals surface area contributed by atoms with Crippen LogP contribution in [0.15, 0.2) is 47.2 Å². The quantitative estimate of drug-likeness (QED) is 0.767. The molecule has 0 aromatic carbocycles. The van der Waals surface area contributed by atoms with E-state index in [2.05, 4.69) is 28.5 Å². The van der Waals surface area contributed by atoms with Crippen molar-refractivity contribution in [2.24, 2.45) is 5.14 Å². The highest BCUT2D eigenvalue weighted by atomic mass is 32.2. The second kappa shape index (κ2) is 5.00. The molecule has 1 heterocycles. The van der Waals surface area contributed by atoms with Crippen LogP contribution in [0.25, 0.3) is 0 Å². The molecule has 0 aliphatic heterocycles. The van der Waals surface area contributed by atoms with Gasteiger partial charge in [-0.1, -0.05) is 18.2 Å². The first kappa shape index (κ1) is 10.3. The lowest BCUT2D eigenvalue weighted by Gasteiger charge is -2.09. The van der Waals surface area contributed by atoms with Crippen LogP contribution < -0.4 is 10.5 Å². The third kappa shape index (κ3) is 2.84. The Balaban J connectivity index is 2.10. The van der Waals surface area contributed by atoms with Gasteiger partial charge in [0.25, 0.3) is 0 Å². The molecule has 78 valence electrons. The fraction of sp³-hybridized carbons (Fsp3) is 0.182. The molecule has 0 radical (unpaired) electrons. The van der Waals surface area contributed by atoms with Crippen molar-refractivity contribution < 1.29 is 0 Å². The summed E-state index contributed by atoms with van der Waals surface area (Å²) < 4.78 is 0. The standard InChI is InChI=1S/C11H13N3S/c12-15-11-8-4-7-10(14-11)13-9-5-2-1-3-6-9/h2,4-8H,1,3,12H2,(H,13,14). The second-order valence-electron chi connectivity index (χ2n) is 3.24. The fourth-order valence-corrected chi connectivity index (χ4v) is 1.71. The predicted octanol–water partition coefficient (Wildman–Crippen LogP) is 2.69. The molecule has 1 aromatic rings. The Bertz CT molecular complexity index is 399. The van der Waals surface area contributed by atoms with Gasteiger partial charge in [-0.05, 0) is 43.0 Å². The summed E-state index contributed by atoms with van der Waals surface area (Å²) in [5, 5.41) is 9.52. The van der Waals surface area contributed by atoms with Gasteiger partial charge in [0.05, 0.1) is 0 Å². The highest BCUT2D eigenvalue weighted by Crippen LogP contribution is 2.16. The first-order valence-corrected chi connectivity index (χ1v) is 5.74. The lowest BCUT2D eigenvalue weighted by atomic mass is 10.1. The van der Waals surface area contributed by atoms with Crippen LogP contribution in [-0.4, -0.2) is 4.98 Å². The average molecular weight is 219 g/mol. The minimum absolute atomic E-state index is 0.820. The van der Waals surface area contributed by atoms with Gasteiger partial charge in [0.2, 0.25) is 0 Å². The van der Waals surface area contributed by atoms with Gasteiger partial charge >= 0.3 is 0 Å². The summed E-state index contributed by atoms with van der Waals surface area (Å²) in [5.41, 5.74) is 1.10. The molecule has 0 saturated heterocycles. The topological polar surface area (TPSA) is 50.9 Å². The number of anilines is 1. The molecule has 1 aromatic heterocycles. The third-order valence-electron chi connectivity index (χ3n) is 2.11. The lowest BCUT2D eigenvalue weighted by molar-refractivity contribution is 1.01. The van der Waals surface area contributed by atoms with Crippen molar-refractivity contribution in [1.82, 2.24) is 4.98 Å². The van der Waals surface area contributed by atoms with Gasteiger partial charge in [0, 0.05) is 5.70 Å². The molecule has 0 bridgehead atoms. The largest absolute Gasteiger partial charge is 0.340 e. The summed E-state index contributed by atoms with van der Waals surface area (Å²) in [5.74, 6) is 0.836. The Morgan fingerprint density at radius 3 is 3.00 bits per heavy atom. The summed E-state index contributed by atoms with van der Waals surface area (Å²) in [6.07, 6.45) is 8.61.